The van der Waals surface area contributed by atoms with Crippen LogP contribution in [0.2, 0.25) is 0 Å². The highest BCUT2D eigenvalue weighted by Crippen LogP contribution is 2.26. The molecule has 0 saturated carbocycles. The van der Waals surface area contributed by atoms with Gasteiger partial charge in [0.25, 0.3) is 0 Å². The molecule has 1 fully saturated rings. The van der Waals surface area contributed by atoms with Gasteiger partial charge in [0.1, 0.15) is 5.78 Å². The second-order valence-electron chi connectivity index (χ2n) is 6.79. The van der Waals surface area contributed by atoms with Crippen LogP contribution in [0, 0.1) is 11.3 Å². The number of carbonyl (C=O) groups excluding carboxylic acids is 1. The van der Waals surface area contributed by atoms with Gasteiger partial charge < -0.3 is 4.74 Å². The third-order valence-corrected chi connectivity index (χ3v) is 3.31. The zero-order valence-corrected chi connectivity index (χ0v) is 11.9. The maximum atomic E-state index is 11.8. The molecule has 2 atom stereocenters. The molecule has 2 nitrogen and oxygen atoms in total. The van der Waals surface area contributed by atoms with Gasteiger partial charge in [-0.05, 0) is 37.0 Å². The largest absolute Gasteiger partial charge is 0.378 e. The van der Waals surface area contributed by atoms with Crippen molar-refractivity contribution in [2.45, 2.75) is 72.3 Å². The van der Waals surface area contributed by atoms with Crippen LogP contribution in [0.1, 0.15) is 66.2 Å². The first kappa shape index (κ1) is 14.7. The Morgan fingerprint density at radius 3 is 2.65 bits per heavy atom. The molecule has 0 N–H and O–H groups in total. The molecule has 1 aliphatic rings. The summed E-state index contributed by atoms with van der Waals surface area (Å²) in [4.78, 5) is 11.8. The van der Waals surface area contributed by atoms with Gasteiger partial charge in [0.2, 0.25) is 0 Å². The smallest absolute Gasteiger partial charge is 0.133 e. The van der Waals surface area contributed by atoms with E-state index in [0.29, 0.717) is 29.6 Å². The van der Waals surface area contributed by atoms with Crippen molar-refractivity contribution in [3.05, 3.63) is 0 Å². The first-order valence-electron chi connectivity index (χ1n) is 7.00. The average Bonchev–Trinajstić information content (AvgIpc) is 2.63. The molecule has 1 saturated heterocycles. The molecule has 0 aromatic heterocycles. The van der Waals surface area contributed by atoms with E-state index in [2.05, 4.69) is 27.7 Å². The molecule has 100 valence electrons. The van der Waals surface area contributed by atoms with Crippen molar-refractivity contribution in [3.8, 4) is 0 Å². The van der Waals surface area contributed by atoms with Gasteiger partial charge in [0.15, 0.2) is 0 Å². The molecule has 17 heavy (non-hydrogen) atoms. The van der Waals surface area contributed by atoms with Crippen molar-refractivity contribution in [1.82, 2.24) is 0 Å². The summed E-state index contributed by atoms with van der Waals surface area (Å²) in [5.74, 6) is 0.921. The molecular weight excluding hydrogens is 212 g/mol. The number of hydrogen-bond donors (Lipinski definition) is 0. The Hall–Kier alpha value is -0.370. The zero-order valence-electron chi connectivity index (χ0n) is 11.9. The minimum atomic E-state index is 0.328. The Bertz CT molecular complexity index is 234. The van der Waals surface area contributed by atoms with Crippen LogP contribution in [0.15, 0.2) is 0 Å². The molecule has 0 aliphatic carbocycles. The Balaban J connectivity index is 2.15. The molecule has 0 bridgehead atoms. The fourth-order valence-corrected chi connectivity index (χ4v) is 2.80. The van der Waals surface area contributed by atoms with E-state index in [4.69, 9.17) is 4.74 Å². The quantitative estimate of drug-likeness (QED) is 0.702. The molecule has 0 aromatic rings. The SMILES string of the molecule is CC(CC(=O)CCC1CCCO1)CC(C)(C)C. The predicted octanol–water partition coefficient (Wildman–Crippen LogP) is 3.98. The lowest BCUT2D eigenvalue weighted by atomic mass is 9.83. The highest BCUT2D eigenvalue weighted by atomic mass is 16.5. The molecule has 0 radical (unpaired) electrons. The van der Waals surface area contributed by atoms with Crippen LogP contribution in [0.4, 0.5) is 0 Å². The third kappa shape index (κ3) is 6.82. The van der Waals surface area contributed by atoms with Crippen molar-refractivity contribution in [3.63, 3.8) is 0 Å². The average molecular weight is 240 g/mol. The second kappa shape index (κ2) is 6.53. The Morgan fingerprint density at radius 2 is 2.12 bits per heavy atom. The van der Waals surface area contributed by atoms with Gasteiger partial charge >= 0.3 is 0 Å². The number of hydrogen-bond acceptors (Lipinski definition) is 2. The first-order chi connectivity index (χ1) is 7.87. The standard InChI is InChI=1S/C15H28O2/c1-12(11-15(2,3)4)10-13(16)7-8-14-6-5-9-17-14/h12,14H,5-11H2,1-4H3. The lowest BCUT2D eigenvalue weighted by Crippen LogP contribution is -2.15. The fourth-order valence-electron chi connectivity index (χ4n) is 2.80. The second-order valence-corrected chi connectivity index (χ2v) is 6.79. The molecule has 1 aliphatic heterocycles. The van der Waals surface area contributed by atoms with Gasteiger partial charge in [-0.1, -0.05) is 27.7 Å². The molecule has 1 heterocycles. The number of carbonyl (C=O) groups is 1. The summed E-state index contributed by atoms with van der Waals surface area (Å²) >= 11 is 0. The van der Waals surface area contributed by atoms with Crippen molar-refractivity contribution >= 4 is 5.78 Å². The maximum Gasteiger partial charge on any atom is 0.133 e. The fraction of sp³-hybridized carbons (Fsp3) is 0.933. The van der Waals surface area contributed by atoms with Crippen molar-refractivity contribution < 1.29 is 9.53 Å². The Morgan fingerprint density at radius 1 is 1.41 bits per heavy atom. The molecule has 0 amide bonds. The van der Waals surface area contributed by atoms with Crippen LogP contribution < -0.4 is 0 Å². The number of rotatable bonds is 6. The molecule has 0 aromatic carbocycles. The van der Waals surface area contributed by atoms with E-state index >= 15 is 0 Å². The molecule has 1 rings (SSSR count). The maximum absolute atomic E-state index is 11.8. The van der Waals surface area contributed by atoms with Gasteiger partial charge in [-0.3, -0.25) is 4.79 Å². The van der Waals surface area contributed by atoms with E-state index in [-0.39, 0.29) is 0 Å². The van der Waals surface area contributed by atoms with Gasteiger partial charge in [0.05, 0.1) is 6.10 Å². The summed E-state index contributed by atoms with van der Waals surface area (Å²) in [6.45, 7) is 9.79. The highest BCUT2D eigenvalue weighted by molar-refractivity contribution is 5.78. The molecule has 2 unspecified atom stereocenters. The van der Waals surface area contributed by atoms with Gasteiger partial charge in [0, 0.05) is 19.4 Å². The van der Waals surface area contributed by atoms with Gasteiger partial charge in [-0.25, -0.2) is 0 Å². The van der Waals surface area contributed by atoms with Crippen molar-refractivity contribution in [2.24, 2.45) is 11.3 Å². The molecule has 0 spiro atoms. The Labute approximate surface area is 106 Å². The normalized spacial score (nSPS) is 22.7. The highest BCUT2D eigenvalue weighted by Gasteiger charge is 2.20. The lowest BCUT2D eigenvalue weighted by molar-refractivity contribution is -0.120. The number of Topliss-reactive ketones (excluding diaryl/α,β-unsaturated/α-hetero) is 1. The topological polar surface area (TPSA) is 26.3 Å². The van der Waals surface area contributed by atoms with Crippen LogP contribution in [0.3, 0.4) is 0 Å². The lowest BCUT2D eigenvalue weighted by Gasteiger charge is -2.22. The van der Waals surface area contributed by atoms with Crippen LogP contribution in [-0.4, -0.2) is 18.5 Å². The van der Waals surface area contributed by atoms with Crippen LogP contribution >= 0.6 is 0 Å². The van der Waals surface area contributed by atoms with E-state index in [1.165, 1.54) is 6.42 Å². The van der Waals surface area contributed by atoms with Gasteiger partial charge in [-0.2, -0.15) is 0 Å². The zero-order chi connectivity index (χ0) is 12.9. The Kier molecular flexibility index (Phi) is 5.64. The minimum Gasteiger partial charge on any atom is -0.378 e. The summed E-state index contributed by atoms with van der Waals surface area (Å²) in [7, 11) is 0. The van der Waals surface area contributed by atoms with E-state index in [1.807, 2.05) is 0 Å². The predicted molar refractivity (Wildman–Crippen MR) is 71.1 cm³/mol. The number of ketones is 1. The number of ether oxygens (including phenoxy) is 1. The van der Waals surface area contributed by atoms with E-state index < -0.39 is 0 Å². The summed E-state index contributed by atoms with van der Waals surface area (Å²) < 4.78 is 5.54. The summed E-state index contributed by atoms with van der Waals surface area (Å²) in [6.07, 6.45) is 6.17. The van der Waals surface area contributed by atoms with Crippen molar-refractivity contribution in [1.29, 1.82) is 0 Å². The van der Waals surface area contributed by atoms with Crippen LogP contribution in [0.5, 0.6) is 0 Å². The first-order valence-corrected chi connectivity index (χ1v) is 7.00. The minimum absolute atomic E-state index is 0.328. The summed E-state index contributed by atoms with van der Waals surface area (Å²) in [5, 5.41) is 0. The van der Waals surface area contributed by atoms with Crippen LogP contribution in [-0.2, 0) is 9.53 Å². The third-order valence-electron chi connectivity index (χ3n) is 3.31. The summed E-state index contributed by atoms with van der Waals surface area (Å²) in [5.41, 5.74) is 0.328. The van der Waals surface area contributed by atoms with E-state index in [0.717, 1.165) is 32.3 Å². The molecular formula is C15H28O2. The van der Waals surface area contributed by atoms with E-state index in [1.54, 1.807) is 0 Å². The van der Waals surface area contributed by atoms with Gasteiger partial charge in [-0.15, -0.1) is 0 Å². The molecule has 2 heteroatoms. The van der Waals surface area contributed by atoms with Crippen LogP contribution in [0.25, 0.3) is 0 Å². The monoisotopic (exact) mass is 240 g/mol. The summed E-state index contributed by atoms with van der Waals surface area (Å²) in [6, 6.07) is 0. The van der Waals surface area contributed by atoms with Crippen molar-refractivity contribution in [2.75, 3.05) is 6.61 Å². The van der Waals surface area contributed by atoms with E-state index in [9.17, 15) is 4.79 Å².